The molecule has 0 radical (unpaired) electrons. The van der Waals surface area contributed by atoms with Gasteiger partial charge in [-0.2, -0.15) is 0 Å². The number of allylic oxidation sites excluding steroid dienone is 1. The van der Waals surface area contributed by atoms with E-state index in [1.165, 1.54) is 145 Å². The van der Waals surface area contributed by atoms with E-state index < -0.39 is 17.5 Å². The normalized spacial score (nSPS) is 22.7. The summed E-state index contributed by atoms with van der Waals surface area (Å²) < 4.78 is 1.36. The minimum absolute atomic E-state index is 0.548. The molecular formula is C46H64Cl2N2PRu. The summed E-state index contributed by atoms with van der Waals surface area (Å²) in [5.74, 6) is 0. The zero-order valence-electron chi connectivity index (χ0n) is 32.8. The summed E-state index contributed by atoms with van der Waals surface area (Å²) >= 11 is -3.78. The molecule has 0 aromatic heterocycles. The van der Waals surface area contributed by atoms with Crippen LogP contribution in [0.1, 0.15) is 129 Å². The summed E-state index contributed by atoms with van der Waals surface area (Å²) in [4.78, 5) is 5.43. The van der Waals surface area contributed by atoms with E-state index in [1.807, 2.05) is 0 Å². The van der Waals surface area contributed by atoms with Crippen molar-refractivity contribution in [1.29, 1.82) is 0 Å². The van der Waals surface area contributed by atoms with Crippen LogP contribution in [-0.4, -0.2) is 34.4 Å². The van der Waals surface area contributed by atoms with E-state index in [-0.39, 0.29) is 0 Å². The first kappa shape index (κ1) is 38.8. The van der Waals surface area contributed by atoms with Crippen molar-refractivity contribution in [1.82, 2.24) is 0 Å². The van der Waals surface area contributed by atoms with Crippen LogP contribution in [0.4, 0.5) is 11.4 Å². The van der Waals surface area contributed by atoms with Crippen molar-refractivity contribution in [3.63, 3.8) is 0 Å². The predicted molar refractivity (Wildman–Crippen MR) is 231 cm³/mol. The van der Waals surface area contributed by atoms with Gasteiger partial charge in [0, 0.05) is 0 Å². The van der Waals surface area contributed by atoms with Crippen LogP contribution in [0.3, 0.4) is 0 Å². The van der Waals surface area contributed by atoms with Crippen molar-refractivity contribution in [2.45, 2.75) is 148 Å². The van der Waals surface area contributed by atoms with Crippen LogP contribution < -0.4 is 9.80 Å². The summed E-state index contributed by atoms with van der Waals surface area (Å²) in [5.41, 5.74) is 13.2. The van der Waals surface area contributed by atoms with Crippen LogP contribution in [-0.2, 0) is 11.9 Å². The molecule has 4 aliphatic rings. The van der Waals surface area contributed by atoms with Crippen LogP contribution in [0, 0.1) is 41.5 Å². The van der Waals surface area contributed by atoms with Gasteiger partial charge in [0.2, 0.25) is 0 Å². The molecule has 1 saturated heterocycles. The first-order valence-electron chi connectivity index (χ1n) is 20.5. The molecular weight excluding hydrogens is 783 g/mol. The quantitative estimate of drug-likeness (QED) is 0.173. The molecule has 4 fully saturated rings. The van der Waals surface area contributed by atoms with Crippen LogP contribution >= 0.6 is 25.0 Å². The zero-order valence-corrected chi connectivity index (χ0v) is 37.1. The number of hydrogen-bond donors (Lipinski definition) is 0. The summed E-state index contributed by atoms with van der Waals surface area (Å²) in [6.07, 6.45) is 21.1. The standard InChI is InChI=1S/C25H37P.C21H26N2.2ClH.Ru/c1-4-12-21(13-5-1)20-22-14-10-11-19-25(22)26(23-15-6-2-7-16-23)24-17-8-3-9-18-24;1-14-9-16(3)20(17(4)10-14)22-7-8-23(13-22)21-18(5)11-15(2)12-19(21)6;;;/h1,4-5,12-13,20,23-25H,2-3,6-11,14-19H2;9-12H,7-8H2,1-6H3;2*1H;/q;;;;+1/p-1. The van der Waals surface area contributed by atoms with Crippen LogP contribution in [0.2, 0.25) is 0 Å². The Balaban J connectivity index is 1.59. The van der Waals surface area contributed by atoms with Gasteiger partial charge in [0.1, 0.15) is 0 Å². The molecule has 1 aliphatic heterocycles. The van der Waals surface area contributed by atoms with E-state index >= 15 is 0 Å². The average Bonchev–Trinajstić information content (AvgIpc) is 3.54. The fourth-order valence-electron chi connectivity index (χ4n) is 11.5. The number of nitrogens with zero attached hydrogens (tertiary/aromatic N) is 2. The molecule has 52 heavy (non-hydrogen) atoms. The Morgan fingerprint density at radius 1 is 0.596 bits per heavy atom. The second kappa shape index (κ2) is 16.3. The Hall–Kier alpha value is -1.50. The Morgan fingerprint density at radius 2 is 1.04 bits per heavy atom. The zero-order chi connectivity index (χ0) is 36.6. The van der Waals surface area contributed by atoms with Gasteiger partial charge in [-0.3, -0.25) is 0 Å². The van der Waals surface area contributed by atoms with E-state index in [2.05, 4.69) is 112 Å². The Labute approximate surface area is 327 Å². The SMILES string of the molecule is Cc1cc(C)c(N2CCN(c3c(C)cc(C)cc3C)[C]2=[Ru]([Cl])([Cl])[PH](C2CCCCC2)(C2CCCCC2)C2CCCCC2=Cc2ccccc2)c(C)c1. The van der Waals surface area contributed by atoms with Crippen molar-refractivity contribution < 1.29 is 11.9 Å². The van der Waals surface area contributed by atoms with E-state index in [9.17, 15) is 0 Å². The topological polar surface area (TPSA) is 6.48 Å². The number of halogens is 2. The van der Waals surface area contributed by atoms with Crippen molar-refractivity contribution in [2.24, 2.45) is 0 Å². The minimum atomic E-state index is -3.78. The first-order chi connectivity index (χ1) is 25.0. The molecule has 285 valence electrons. The number of benzene rings is 3. The number of hydrogen-bond acceptors (Lipinski definition) is 2. The van der Waals surface area contributed by atoms with Gasteiger partial charge in [0.05, 0.1) is 0 Å². The van der Waals surface area contributed by atoms with Crippen molar-refractivity contribution in [2.75, 3.05) is 22.9 Å². The summed E-state index contributed by atoms with van der Waals surface area (Å²) in [6.45, 7) is 15.6. The molecule has 1 heterocycles. The molecule has 3 aliphatic carbocycles. The summed E-state index contributed by atoms with van der Waals surface area (Å²) in [5, 5.41) is 0. The average molecular weight is 848 g/mol. The number of aryl methyl sites for hydroxylation is 6. The fourth-order valence-corrected chi connectivity index (χ4v) is 48.8. The molecule has 1 unspecified atom stereocenters. The maximum absolute atomic E-state index is 9.04. The molecule has 2 nitrogen and oxygen atoms in total. The van der Waals surface area contributed by atoms with Crippen molar-refractivity contribution >= 4 is 46.8 Å². The van der Waals surface area contributed by atoms with E-state index in [0.717, 1.165) is 13.1 Å². The number of anilines is 2. The molecule has 3 aromatic rings. The van der Waals surface area contributed by atoms with Gasteiger partial charge in [-0.25, -0.2) is 0 Å². The van der Waals surface area contributed by atoms with Gasteiger partial charge in [0.15, 0.2) is 0 Å². The van der Waals surface area contributed by atoms with Gasteiger partial charge in [0.25, 0.3) is 0 Å². The maximum atomic E-state index is 9.04. The van der Waals surface area contributed by atoms with Gasteiger partial charge in [-0.15, -0.1) is 0 Å². The first-order valence-corrected chi connectivity index (χ1v) is 30.5. The molecule has 3 saturated carbocycles. The summed E-state index contributed by atoms with van der Waals surface area (Å²) in [7, 11) is 18.1. The van der Waals surface area contributed by atoms with Gasteiger partial charge < -0.3 is 0 Å². The van der Waals surface area contributed by atoms with Crippen LogP contribution in [0.5, 0.6) is 0 Å². The third-order valence-corrected chi connectivity index (χ3v) is 43.5. The second-order valence-electron chi connectivity index (χ2n) is 16.9. The fraction of sp³-hybridized carbons (Fsp3) is 0.543. The Morgan fingerprint density at radius 3 is 1.50 bits per heavy atom. The Kier molecular flexibility index (Phi) is 12.2. The molecule has 0 spiro atoms. The van der Waals surface area contributed by atoms with Crippen molar-refractivity contribution in [3.8, 4) is 0 Å². The number of rotatable bonds is 7. The molecule has 1 atom stereocenters. The predicted octanol–water partition coefficient (Wildman–Crippen LogP) is 13.8. The molecule has 6 heteroatoms. The summed E-state index contributed by atoms with van der Waals surface area (Å²) in [6, 6.07) is 20.8. The molecule has 0 bridgehead atoms. The van der Waals surface area contributed by atoms with E-state index in [0.29, 0.717) is 17.0 Å². The third-order valence-electron chi connectivity index (χ3n) is 13.1. The molecule has 7 rings (SSSR count). The van der Waals surface area contributed by atoms with Crippen LogP contribution in [0.15, 0.2) is 60.2 Å². The second-order valence-corrected chi connectivity index (χ2v) is 39.4. The molecule has 0 N–H and O–H groups in total. The van der Waals surface area contributed by atoms with E-state index in [1.54, 1.807) is 5.57 Å². The van der Waals surface area contributed by atoms with Gasteiger partial charge in [-0.05, 0) is 0 Å². The molecule has 0 amide bonds. The van der Waals surface area contributed by atoms with Gasteiger partial charge >= 0.3 is 329 Å². The van der Waals surface area contributed by atoms with E-state index in [4.69, 9.17) is 19.4 Å². The molecule has 3 aromatic carbocycles. The Bertz CT molecular complexity index is 1700. The van der Waals surface area contributed by atoms with Crippen molar-refractivity contribution in [3.05, 3.63) is 99.1 Å². The monoisotopic (exact) mass is 847 g/mol. The van der Waals surface area contributed by atoms with Crippen LogP contribution in [0.25, 0.3) is 6.08 Å². The van der Waals surface area contributed by atoms with Gasteiger partial charge in [-0.1, -0.05) is 0 Å². The third kappa shape index (κ3) is 7.18.